The maximum atomic E-state index is 13.4. The number of ether oxygens (including phenoxy) is 1. The fraction of sp³-hybridized carbons (Fsp3) is 0.647. The number of hydrogen-bond donors (Lipinski definition) is 1. The lowest BCUT2D eigenvalue weighted by Gasteiger charge is -2.37. The van der Waals surface area contributed by atoms with E-state index in [0.717, 1.165) is 24.9 Å². The molecule has 1 aromatic carbocycles. The fourth-order valence-electron chi connectivity index (χ4n) is 2.50. The smallest absolute Gasteiger partial charge is 0.159 e. The summed E-state index contributed by atoms with van der Waals surface area (Å²) in [5.41, 5.74) is 0.455. The Bertz CT molecular complexity index is 439. The molecule has 1 N–H and O–H groups in total. The molecule has 1 aromatic rings. The summed E-state index contributed by atoms with van der Waals surface area (Å²) < 4.78 is 32.4. The van der Waals surface area contributed by atoms with Gasteiger partial charge in [-0.3, -0.25) is 0 Å². The summed E-state index contributed by atoms with van der Waals surface area (Å²) in [5.74, 6) is -1.60. The molecule has 0 bridgehead atoms. The van der Waals surface area contributed by atoms with Gasteiger partial charge < -0.3 is 10.1 Å². The number of rotatable bonds is 9. The van der Waals surface area contributed by atoms with E-state index in [2.05, 4.69) is 26.1 Å². The van der Waals surface area contributed by atoms with Gasteiger partial charge in [0, 0.05) is 12.6 Å². The van der Waals surface area contributed by atoms with Gasteiger partial charge in [0.05, 0.1) is 5.60 Å². The molecule has 0 saturated heterocycles. The van der Waals surface area contributed by atoms with Gasteiger partial charge >= 0.3 is 0 Å². The molecule has 0 aliphatic heterocycles. The van der Waals surface area contributed by atoms with Crippen LogP contribution in [0.3, 0.4) is 0 Å². The van der Waals surface area contributed by atoms with Gasteiger partial charge in [-0.1, -0.05) is 19.9 Å². The Labute approximate surface area is 126 Å². The Morgan fingerprint density at radius 1 is 1.19 bits per heavy atom. The molecule has 2 unspecified atom stereocenters. The summed E-state index contributed by atoms with van der Waals surface area (Å²) >= 11 is 0. The fourth-order valence-corrected chi connectivity index (χ4v) is 2.50. The Balaban J connectivity index is 2.93. The largest absolute Gasteiger partial charge is 0.374 e. The van der Waals surface area contributed by atoms with Crippen LogP contribution in [0.1, 0.15) is 46.1 Å². The van der Waals surface area contributed by atoms with Crippen molar-refractivity contribution in [3.63, 3.8) is 0 Å². The van der Waals surface area contributed by atoms with Gasteiger partial charge in [-0.25, -0.2) is 8.78 Å². The first kappa shape index (κ1) is 18.1. The summed E-state index contributed by atoms with van der Waals surface area (Å²) in [7, 11) is 0. The monoisotopic (exact) mass is 299 g/mol. The molecule has 2 atom stereocenters. The Morgan fingerprint density at radius 3 is 2.43 bits per heavy atom. The lowest BCUT2D eigenvalue weighted by atomic mass is 9.88. The van der Waals surface area contributed by atoms with E-state index < -0.39 is 11.6 Å². The number of halogens is 2. The molecule has 0 saturated carbocycles. The highest BCUT2D eigenvalue weighted by atomic mass is 19.2. The first-order valence-electron chi connectivity index (χ1n) is 7.78. The number of nitrogens with one attached hydrogen (secondary N) is 1. The highest BCUT2D eigenvalue weighted by Crippen LogP contribution is 2.24. The van der Waals surface area contributed by atoms with Gasteiger partial charge in [0.1, 0.15) is 0 Å². The summed E-state index contributed by atoms with van der Waals surface area (Å²) in [6.45, 7) is 9.74. The maximum Gasteiger partial charge on any atom is 0.159 e. The zero-order valence-corrected chi connectivity index (χ0v) is 13.5. The molecule has 0 fully saturated rings. The summed E-state index contributed by atoms with van der Waals surface area (Å²) in [6, 6.07) is 4.16. The van der Waals surface area contributed by atoms with Crippen LogP contribution in [0.2, 0.25) is 0 Å². The average Bonchev–Trinajstić information content (AvgIpc) is 2.47. The molecular weight excluding hydrogens is 272 g/mol. The minimum Gasteiger partial charge on any atom is -0.374 e. The minimum absolute atomic E-state index is 0.0623. The van der Waals surface area contributed by atoms with Crippen LogP contribution in [0.4, 0.5) is 8.78 Å². The number of benzene rings is 1. The predicted octanol–water partition coefficient (Wildman–Crippen LogP) is 4.08. The van der Waals surface area contributed by atoms with E-state index in [1.54, 1.807) is 6.07 Å². The molecule has 0 aliphatic carbocycles. The van der Waals surface area contributed by atoms with Crippen molar-refractivity contribution in [2.75, 3.05) is 13.2 Å². The SMILES string of the molecule is CCCNC(Cc1ccc(F)c(F)c1)C(C)(CC)OCC. The molecule has 1 rings (SSSR count). The second-order valence-electron chi connectivity index (χ2n) is 5.56. The van der Waals surface area contributed by atoms with Crippen molar-refractivity contribution in [3.05, 3.63) is 35.4 Å². The highest BCUT2D eigenvalue weighted by molar-refractivity contribution is 5.19. The van der Waals surface area contributed by atoms with Crippen LogP contribution in [0, 0.1) is 11.6 Å². The van der Waals surface area contributed by atoms with Gasteiger partial charge in [0.2, 0.25) is 0 Å². The third kappa shape index (κ3) is 5.04. The third-order valence-corrected chi connectivity index (χ3v) is 3.98. The Hall–Kier alpha value is -1.00. The second kappa shape index (κ2) is 8.44. The Kier molecular flexibility index (Phi) is 7.26. The van der Waals surface area contributed by atoms with E-state index in [0.29, 0.717) is 13.0 Å². The van der Waals surface area contributed by atoms with Crippen LogP contribution >= 0.6 is 0 Å². The van der Waals surface area contributed by atoms with Gasteiger partial charge in [-0.2, -0.15) is 0 Å². The first-order valence-corrected chi connectivity index (χ1v) is 7.78. The summed E-state index contributed by atoms with van der Waals surface area (Å²) in [5, 5.41) is 3.49. The molecule has 4 heteroatoms. The van der Waals surface area contributed by atoms with Crippen molar-refractivity contribution in [2.45, 2.75) is 58.6 Å². The van der Waals surface area contributed by atoms with Crippen molar-refractivity contribution >= 4 is 0 Å². The molecule has 0 amide bonds. The van der Waals surface area contributed by atoms with Crippen LogP contribution in [0.15, 0.2) is 18.2 Å². The van der Waals surface area contributed by atoms with E-state index in [9.17, 15) is 8.78 Å². The van der Waals surface area contributed by atoms with E-state index in [-0.39, 0.29) is 11.6 Å². The van der Waals surface area contributed by atoms with Crippen LogP contribution in [-0.4, -0.2) is 24.8 Å². The maximum absolute atomic E-state index is 13.4. The molecule has 2 nitrogen and oxygen atoms in total. The molecule has 0 spiro atoms. The van der Waals surface area contributed by atoms with Gasteiger partial charge in [-0.15, -0.1) is 0 Å². The van der Waals surface area contributed by atoms with Crippen LogP contribution in [0.25, 0.3) is 0 Å². The standard InChI is InChI=1S/C17H27F2NO/c1-5-10-20-16(17(4,6-2)21-7-3)12-13-8-9-14(18)15(19)11-13/h8-9,11,16,20H,5-7,10,12H2,1-4H3. The second-order valence-corrected chi connectivity index (χ2v) is 5.56. The molecule has 0 heterocycles. The van der Waals surface area contributed by atoms with E-state index in [1.165, 1.54) is 12.1 Å². The van der Waals surface area contributed by atoms with Gasteiger partial charge in [-0.05, 0) is 57.4 Å². The topological polar surface area (TPSA) is 21.3 Å². The molecule has 0 radical (unpaired) electrons. The van der Waals surface area contributed by atoms with Crippen molar-refractivity contribution in [1.82, 2.24) is 5.32 Å². The van der Waals surface area contributed by atoms with Crippen molar-refractivity contribution in [2.24, 2.45) is 0 Å². The normalized spacial score (nSPS) is 15.7. The van der Waals surface area contributed by atoms with E-state index in [1.807, 2.05) is 6.92 Å². The van der Waals surface area contributed by atoms with Gasteiger partial charge in [0.25, 0.3) is 0 Å². The lowest BCUT2D eigenvalue weighted by Crippen LogP contribution is -2.51. The Morgan fingerprint density at radius 2 is 1.90 bits per heavy atom. The van der Waals surface area contributed by atoms with Crippen LogP contribution < -0.4 is 5.32 Å². The van der Waals surface area contributed by atoms with E-state index >= 15 is 0 Å². The first-order chi connectivity index (χ1) is 9.96. The van der Waals surface area contributed by atoms with E-state index in [4.69, 9.17) is 4.74 Å². The highest BCUT2D eigenvalue weighted by Gasteiger charge is 2.33. The van der Waals surface area contributed by atoms with Crippen molar-refractivity contribution in [3.8, 4) is 0 Å². The van der Waals surface area contributed by atoms with Crippen molar-refractivity contribution < 1.29 is 13.5 Å². The third-order valence-electron chi connectivity index (χ3n) is 3.98. The molecular formula is C17H27F2NO. The zero-order chi connectivity index (χ0) is 15.9. The molecule has 0 aromatic heterocycles. The van der Waals surface area contributed by atoms with Gasteiger partial charge in [0.15, 0.2) is 11.6 Å². The molecule has 120 valence electrons. The van der Waals surface area contributed by atoms with Crippen molar-refractivity contribution in [1.29, 1.82) is 0 Å². The molecule has 21 heavy (non-hydrogen) atoms. The summed E-state index contributed by atoms with van der Waals surface area (Å²) in [4.78, 5) is 0. The average molecular weight is 299 g/mol. The zero-order valence-electron chi connectivity index (χ0n) is 13.5. The van der Waals surface area contributed by atoms with Crippen LogP contribution in [0.5, 0.6) is 0 Å². The quantitative estimate of drug-likeness (QED) is 0.742. The number of hydrogen-bond acceptors (Lipinski definition) is 2. The summed E-state index contributed by atoms with van der Waals surface area (Å²) in [6.07, 6.45) is 2.48. The predicted molar refractivity (Wildman–Crippen MR) is 82.5 cm³/mol. The minimum atomic E-state index is -0.806. The lowest BCUT2D eigenvalue weighted by molar-refractivity contribution is -0.0549. The molecule has 0 aliphatic rings. The van der Waals surface area contributed by atoms with Crippen LogP contribution in [-0.2, 0) is 11.2 Å².